The Morgan fingerprint density at radius 1 is 0.905 bits per heavy atom. The first-order chi connectivity index (χ1) is 19.7. The van der Waals surface area contributed by atoms with Crippen molar-refractivity contribution in [2.45, 2.75) is 165 Å². The Labute approximate surface area is 262 Å². The van der Waals surface area contributed by atoms with Gasteiger partial charge in [0.1, 0.15) is 0 Å². The van der Waals surface area contributed by atoms with E-state index in [-0.39, 0.29) is 16.6 Å². The minimum atomic E-state index is 0.232. The van der Waals surface area contributed by atoms with Crippen molar-refractivity contribution in [3.63, 3.8) is 0 Å². The van der Waals surface area contributed by atoms with Gasteiger partial charge < -0.3 is 4.74 Å². The van der Waals surface area contributed by atoms with Crippen LogP contribution in [0.5, 0.6) is 0 Å². The molecule has 1 aromatic carbocycles. The van der Waals surface area contributed by atoms with Crippen LogP contribution < -0.4 is 0 Å². The number of hydrogen-bond acceptors (Lipinski definition) is 2. The fourth-order valence-corrected chi connectivity index (χ4v) is 5.63. The summed E-state index contributed by atoms with van der Waals surface area (Å²) in [5.41, 5.74) is 8.74. The molecule has 0 amide bonds. The summed E-state index contributed by atoms with van der Waals surface area (Å²) in [7, 11) is 0. The molecule has 1 atom stereocenters. The maximum absolute atomic E-state index is 11.8. The van der Waals surface area contributed by atoms with Gasteiger partial charge in [-0.2, -0.15) is 0 Å². The quantitative estimate of drug-likeness (QED) is 0.132. The fourth-order valence-electron chi connectivity index (χ4n) is 5.63. The molecule has 0 N–H and O–H groups in total. The summed E-state index contributed by atoms with van der Waals surface area (Å²) < 4.78 is 5.13. The number of rotatable bonds is 13. The third-order valence-corrected chi connectivity index (χ3v) is 9.19. The number of aryl methyl sites for hydroxylation is 1. The zero-order valence-corrected chi connectivity index (χ0v) is 30.0. The van der Waals surface area contributed by atoms with Crippen LogP contribution in [0.4, 0.5) is 0 Å². The predicted octanol–water partition coefficient (Wildman–Crippen LogP) is 11.8. The van der Waals surface area contributed by atoms with Crippen LogP contribution >= 0.6 is 0 Å². The van der Waals surface area contributed by atoms with Crippen molar-refractivity contribution >= 4 is 5.78 Å². The lowest BCUT2D eigenvalue weighted by atomic mass is 9.62. The number of ether oxygens (including phenoxy) is 1. The minimum Gasteiger partial charge on any atom is -0.381 e. The Kier molecular flexibility index (Phi) is 17.2. The molecule has 1 aromatic rings. The third kappa shape index (κ3) is 13.3. The Balaban J connectivity index is 0.000000485. The summed E-state index contributed by atoms with van der Waals surface area (Å²) in [6, 6.07) is 4.92. The molecule has 0 aromatic heterocycles. The van der Waals surface area contributed by atoms with Crippen molar-refractivity contribution < 1.29 is 9.53 Å². The smallest absolute Gasteiger partial charge is 0.156 e. The maximum Gasteiger partial charge on any atom is 0.156 e. The van der Waals surface area contributed by atoms with E-state index >= 15 is 0 Å². The van der Waals surface area contributed by atoms with Gasteiger partial charge in [0.25, 0.3) is 0 Å². The molecule has 0 spiro atoms. The van der Waals surface area contributed by atoms with Crippen molar-refractivity contribution in [2.24, 2.45) is 11.8 Å². The average Bonchev–Trinajstić information content (AvgIpc) is 3.77. The van der Waals surface area contributed by atoms with Crippen molar-refractivity contribution in [1.82, 2.24) is 0 Å². The summed E-state index contributed by atoms with van der Waals surface area (Å²) in [6.45, 7) is 28.6. The summed E-state index contributed by atoms with van der Waals surface area (Å²) >= 11 is 0. The van der Waals surface area contributed by atoms with Gasteiger partial charge in [-0.1, -0.05) is 118 Å². The van der Waals surface area contributed by atoms with Gasteiger partial charge in [0.2, 0.25) is 0 Å². The molecule has 42 heavy (non-hydrogen) atoms. The average molecular weight is 581 g/mol. The number of fused-ring (bicyclic) bond motifs is 1. The highest BCUT2D eigenvalue weighted by molar-refractivity contribution is 5.94. The molecule has 2 heteroatoms. The number of carbonyl (C=O) groups excluding carboxylic acids is 1. The van der Waals surface area contributed by atoms with E-state index in [1.165, 1.54) is 79.2 Å². The van der Waals surface area contributed by atoms with Crippen LogP contribution in [0, 0.1) is 18.8 Å². The van der Waals surface area contributed by atoms with Crippen molar-refractivity contribution in [1.29, 1.82) is 0 Å². The molecule has 3 rings (SSSR count). The molecule has 2 nitrogen and oxygen atoms in total. The van der Waals surface area contributed by atoms with Crippen LogP contribution in [0.3, 0.4) is 0 Å². The topological polar surface area (TPSA) is 26.3 Å². The number of unbranched alkanes of at least 4 members (excludes halogenated alkanes) is 1. The fraction of sp³-hybridized carbons (Fsp3) is 0.725. The molecule has 0 heterocycles. The maximum atomic E-state index is 11.8. The highest BCUT2D eigenvalue weighted by atomic mass is 16.5. The van der Waals surface area contributed by atoms with E-state index in [9.17, 15) is 4.79 Å². The zero-order chi connectivity index (χ0) is 31.9. The Morgan fingerprint density at radius 3 is 1.90 bits per heavy atom. The highest BCUT2D eigenvalue weighted by Crippen LogP contribution is 2.46. The van der Waals surface area contributed by atoms with E-state index in [1.54, 1.807) is 6.92 Å². The van der Waals surface area contributed by atoms with Gasteiger partial charge >= 0.3 is 0 Å². The monoisotopic (exact) mass is 581 g/mol. The molecule has 2 aliphatic rings. The van der Waals surface area contributed by atoms with Crippen molar-refractivity contribution in [3.05, 3.63) is 57.7 Å². The molecular weight excluding hydrogens is 512 g/mol. The first-order valence-corrected chi connectivity index (χ1v) is 17.3. The van der Waals surface area contributed by atoms with E-state index in [1.807, 2.05) is 0 Å². The predicted molar refractivity (Wildman–Crippen MR) is 186 cm³/mol. The zero-order valence-electron chi connectivity index (χ0n) is 30.0. The molecule has 1 saturated carbocycles. The number of carbonyl (C=O) groups is 1. The number of Topliss-reactive ketones (excluding diaryl/α,β-unsaturated/α-hetero) is 1. The second-order valence-electron chi connectivity index (χ2n) is 14.5. The standard InChI is InChI=1S/C26H36O.C8H18.C6H14O/c1-17(8-11-22(19(3)27)20-9-10-20)14-21-16-24-23(15-18(21)2)25(4,5)12-13-26(24,6)7;1-4-6-7-8(3)5-2;1-3-5-7-6-4-2/h8,11,15-16,20H,9-10,12-14H2,1-7H3;8H,4-7H2,1-3H3;3-6H2,1-2H3/b17-8+,22-11-;;. The van der Waals surface area contributed by atoms with Crippen LogP contribution in [0.25, 0.3) is 0 Å². The van der Waals surface area contributed by atoms with Crippen molar-refractivity contribution in [3.8, 4) is 0 Å². The molecule has 240 valence electrons. The number of ketones is 1. The molecule has 2 aliphatic carbocycles. The van der Waals surface area contributed by atoms with Gasteiger partial charge in [-0.3, -0.25) is 4.79 Å². The van der Waals surface area contributed by atoms with Gasteiger partial charge in [0.15, 0.2) is 5.78 Å². The second-order valence-corrected chi connectivity index (χ2v) is 14.5. The molecule has 0 aliphatic heterocycles. The SMILES string of the molecule is CC(=O)/C(=C/C=C(\C)Cc1cc2c(cc1C)C(C)(C)CCC2(C)C)C1CC1.CCCCC(C)CC.CCCOCCC. The van der Waals surface area contributed by atoms with Crippen LogP contribution in [-0.4, -0.2) is 19.0 Å². The number of allylic oxidation sites excluding steroid dienone is 4. The van der Waals surface area contributed by atoms with Crippen LogP contribution in [-0.2, 0) is 26.8 Å². The van der Waals surface area contributed by atoms with Gasteiger partial charge in [0.05, 0.1) is 0 Å². The lowest BCUT2D eigenvalue weighted by molar-refractivity contribution is -0.113. The van der Waals surface area contributed by atoms with Crippen LogP contribution in [0.2, 0.25) is 0 Å². The van der Waals surface area contributed by atoms with Gasteiger partial charge in [0, 0.05) is 13.2 Å². The van der Waals surface area contributed by atoms with E-state index in [0.717, 1.165) is 44.0 Å². The summed E-state index contributed by atoms with van der Waals surface area (Å²) in [6.07, 6.45) is 17.9. The summed E-state index contributed by atoms with van der Waals surface area (Å²) in [5.74, 6) is 1.70. The highest BCUT2D eigenvalue weighted by Gasteiger charge is 2.37. The first kappa shape index (κ1) is 38.4. The Hall–Kier alpha value is -1.67. The number of benzene rings is 1. The first-order valence-electron chi connectivity index (χ1n) is 17.3. The van der Waals surface area contributed by atoms with E-state index in [2.05, 4.69) is 100 Å². The lowest BCUT2D eigenvalue weighted by Crippen LogP contribution is -2.34. The van der Waals surface area contributed by atoms with E-state index in [4.69, 9.17) is 4.74 Å². The molecule has 0 bridgehead atoms. The largest absolute Gasteiger partial charge is 0.381 e. The third-order valence-electron chi connectivity index (χ3n) is 9.19. The van der Waals surface area contributed by atoms with Crippen LogP contribution in [0.1, 0.15) is 163 Å². The normalized spacial score (nSPS) is 18.2. The van der Waals surface area contributed by atoms with Crippen LogP contribution in [0.15, 0.2) is 35.4 Å². The molecular formula is C40H68O2. The molecule has 0 saturated heterocycles. The lowest BCUT2D eigenvalue weighted by Gasteiger charge is -2.42. The Morgan fingerprint density at radius 2 is 1.45 bits per heavy atom. The van der Waals surface area contributed by atoms with Crippen molar-refractivity contribution in [2.75, 3.05) is 13.2 Å². The summed E-state index contributed by atoms with van der Waals surface area (Å²) in [4.78, 5) is 11.8. The van der Waals surface area contributed by atoms with E-state index < -0.39 is 0 Å². The van der Waals surface area contributed by atoms with Gasteiger partial charge in [-0.25, -0.2) is 0 Å². The van der Waals surface area contributed by atoms with E-state index in [0.29, 0.717) is 5.92 Å². The van der Waals surface area contributed by atoms with Gasteiger partial charge in [-0.05, 0) is 116 Å². The molecule has 0 radical (unpaired) electrons. The number of hydrogen-bond donors (Lipinski definition) is 0. The second kappa shape index (κ2) is 18.9. The summed E-state index contributed by atoms with van der Waals surface area (Å²) in [5, 5.41) is 0. The molecule has 1 fully saturated rings. The molecule has 1 unspecified atom stereocenters. The van der Waals surface area contributed by atoms with Gasteiger partial charge in [-0.15, -0.1) is 0 Å². The Bertz CT molecular complexity index is 999. The minimum absolute atomic E-state index is 0.232.